The lowest BCUT2D eigenvalue weighted by molar-refractivity contribution is 0.174. The van der Waals surface area contributed by atoms with Crippen LogP contribution in [0.15, 0.2) is 42.5 Å². The van der Waals surface area contributed by atoms with Gasteiger partial charge in [0.25, 0.3) is 0 Å². The molecule has 0 saturated carbocycles. The summed E-state index contributed by atoms with van der Waals surface area (Å²) < 4.78 is 10.8. The summed E-state index contributed by atoms with van der Waals surface area (Å²) in [5.41, 5.74) is 3.50. The van der Waals surface area contributed by atoms with Crippen molar-refractivity contribution in [1.29, 1.82) is 5.26 Å². The first-order valence-electron chi connectivity index (χ1n) is 10.2. The molecule has 8 heteroatoms. The summed E-state index contributed by atoms with van der Waals surface area (Å²) in [4.78, 5) is 4.60. The Labute approximate surface area is 186 Å². The summed E-state index contributed by atoms with van der Waals surface area (Å²) >= 11 is 5.35. The molecule has 2 heterocycles. The molecular weight excluding hydrogens is 410 g/mol. The van der Waals surface area contributed by atoms with E-state index in [-0.39, 0.29) is 6.79 Å². The highest BCUT2D eigenvalue weighted by atomic mass is 32.1. The predicted octanol–water partition coefficient (Wildman–Crippen LogP) is 4.19. The van der Waals surface area contributed by atoms with E-state index in [1.54, 1.807) is 0 Å². The number of hydrogen-bond acceptors (Lipinski definition) is 6. The number of aromatic nitrogens is 1. The van der Waals surface area contributed by atoms with Crippen LogP contribution in [0.3, 0.4) is 0 Å². The van der Waals surface area contributed by atoms with E-state index in [0.717, 1.165) is 29.4 Å². The number of nitrogens with zero attached hydrogens (tertiary/aromatic N) is 2. The lowest BCUT2D eigenvalue weighted by Crippen LogP contribution is -2.30. The molecule has 0 bridgehead atoms. The number of rotatable bonds is 7. The SMILES string of the molecule is CCc1ccc(NC(=S)NCCCNc2nc3cc4c(cc3cc2C#N)OCO4)cc1. The van der Waals surface area contributed by atoms with Gasteiger partial charge in [-0.3, -0.25) is 0 Å². The lowest BCUT2D eigenvalue weighted by atomic mass is 10.1. The second kappa shape index (κ2) is 9.49. The van der Waals surface area contributed by atoms with Gasteiger partial charge >= 0.3 is 0 Å². The molecule has 0 amide bonds. The minimum atomic E-state index is 0.204. The van der Waals surface area contributed by atoms with Gasteiger partial charge in [0.05, 0.1) is 11.1 Å². The van der Waals surface area contributed by atoms with E-state index in [4.69, 9.17) is 21.7 Å². The third-order valence-electron chi connectivity index (χ3n) is 4.98. The van der Waals surface area contributed by atoms with Crippen molar-refractivity contribution < 1.29 is 9.47 Å². The zero-order valence-corrected chi connectivity index (χ0v) is 18.0. The number of benzene rings is 2. The number of ether oxygens (including phenoxy) is 2. The summed E-state index contributed by atoms with van der Waals surface area (Å²) in [6.45, 7) is 3.68. The van der Waals surface area contributed by atoms with Crippen molar-refractivity contribution in [1.82, 2.24) is 10.3 Å². The van der Waals surface area contributed by atoms with Gasteiger partial charge in [-0.2, -0.15) is 5.26 Å². The van der Waals surface area contributed by atoms with Gasteiger partial charge < -0.3 is 25.4 Å². The number of anilines is 2. The monoisotopic (exact) mass is 433 g/mol. The smallest absolute Gasteiger partial charge is 0.231 e. The number of thiocarbonyl (C=S) groups is 1. The fourth-order valence-corrected chi connectivity index (χ4v) is 3.50. The molecule has 3 N–H and O–H groups in total. The fraction of sp³-hybridized carbons (Fsp3) is 0.261. The van der Waals surface area contributed by atoms with E-state index in [1.807, 2.05) is 30.3 Å². The molecule has 0 atom stereocenters. The minimum absolute atomic E-state index is 0.204. The van der Waals surface area contributed by atoms with E-state index in [9.17, 15) is 5.26 Å². The van der Waals surface area contributed by atoms with Gasteiger partial charge in [-0.1, -0.05) is 19.1 Å². The maximum Gasteiger partial charge on any atom is 0.231 e. The first-order chi connectivity index (χ1) is 15.2. The van der Waals surface area contributed by atoms with Crippen LogP contribution >= 0.6 is 12.2 Å². The normalized spacial score (nSPS) is 11.7. The van der Waals surface area contributed by atoms with Crippen molar-refractivity contribution in [3.8, 4) is 17.6 Å². The quantitative estimate of drug-likeness (QED) is 0.377. The molecule has 0 spiro atoms. The molecule has 1 aliphatic rings. The topological polar surface area (TPSA) is 91.2 Å². The zero-order chi connectivity index (χ0) is 21.6. The van der Waals surface area contributed by atoms with Crippen LogP contribution in [0, 0.1) is 11.3 Å². The molecule has 1 aliphatic heterocycles. The number of fused-ring (bicyclic) bond motifs is 2. The van der Waals surface area contributed by atoms with Crippen LogP contribution in [0.1, 0.15) is 24.5 Å². The van der Waals surface area contributed by atoms with Crippen molar-refractivity contribution in [2.45, 2.75) is 19.8 Å². The van der Waals surface area contributed by atoms with Crippen molar-refractivity contribution >= 4 is 39.7 Å². The summed E-state index contributed by atoms with van der Waals surface area (Å²) in [6, 6.07) is 15.9. The highest BCUT2D eigenvalue weighted by Crippen LogP contribution is 2.36. The first kappa shape index (κ1) is 20.7. The van der Waals surface area contributed by atoms with Crippen LogP contribution in [-0.4, -0.2) is 30.0 Å². The Morgan fingerprint density at radius 2 is 1.90 bits per heavy atom. The van der Waals surface area contributed by atoms with Crippen molar-refractivity contribution in [2.24, 2.45) is 0 Å². The van der Waals surface area contributed by atoms with Crippen LogP contribution in [0.5, 0.6) is 11.5 Å². The Hall–Kier alpha value is -3.57. The van der Waals surface area contributed by atoms with Crippen LogP contribution in [0.4, 0.5) is 11.5 Å². The van der Waals surface area contributed by atoms with Crippen LogP contribution in [0.2, 0.25) is 0 Å². The average Bonchev–Trinajstić information content (AvgIpc) is 3.24. The van der Waals surface area contributed by atoms with E-state index in [0.29, 0.717) is 41.1 Å². The van der Waals surface area contributed by atoms with Crippen molar-refractivity contribution in [2.75, 3.05) is 30.5 Å². The fourth-order valence-electron chi connectivity index (χ4n) is 3.28. The molecule has 0 radical (unpaired) electrons. The molecule has 31 heavy (non-hydrogen) atoms. The Bertz CT molecular complexity index is 1140. The number of nitriles is 1. The van der Waals surface area contributed by atoms with Gasteiger partial charge in [0, 0.05) is 30.2 Å². The largest absolute Gasteiger partial charge is 0.454 e. The number of aryl methyl sites for hydroxylation is 1. The average molecular weight is 434 g/mol. The van der Waals surface area contributed by atoms with Gasteiger partial charge in [0.15, 0.2) is 16.6 Å². The molecule has 0 aliphatic carbocycles. The molecular formula is C23H23N5O2S. The highest BCUT2D eigenvalue weighted by Gasteiger charge is 2.16. The van der Waals surface area contributed by atoms with E-state index in [2.05, 4.69) is 46.1 Å². The van der Waals surface area contributed by atoms with Crippen molar-refractivity contribution in [3.05, 3.63) is 53.6 Å². The first-order valence-corrected chi connectivity index (χ1v) is 10.6. The molecule has 158 valence electrons. The van der Waals surface area contributed by atoms with Crippen LogP contribution < -0.4 is 25.4 Å². The van der Waals surface area contributed by atoms with Gasteiger partial charge in [-0.05, 0) is 54.9 Å². The molecule has 3 aromatic rings. The summed E-state index contributed by atoms with van der Waals surface area (Å²) in [7, 11) is 0. The Morgan fingerprint density at radius 3 is 2.65 bits per heavy atom. The van der Waals surface area contributed by atoms with Crippen molar-refractivity contribution in [3.63, 3.8) is 0 Å². The van der Waals surface area contributed by atoms with E-state index < -0.39 is 0 Å². The molecule has 1 aromatic heterocycles. The summed E-state index contributed by atoms with van der Waals surface area (Å²) in [6.07, 6.45) is 1.82. The maximum atomic E-state index is 9.50. The Balaban J connectivity index is 1.28. The van der Waals surface area contributed by atoms with Gasteiger partial charge in [-0.15, -0.1) is 0 Å². The third-order valence-corrected chi connectivity index (χ3v) is 5.23. The highest BCUT2D eigenvalue weighted by molar-refractivity contribution is 7.80. The standard InChI is InChI=1S/C23H23N5O2S/c1-2-15-4-6-18(7-5-15)27-23(31)26-9-3-8-25-22-17(13-24)10-16-11-20-21(30-14-29-20)12-19(16)28-22/h4-7,10-12H,2-3,8-9,14H2,1H3,(H,25,28)(H2,26,27,31). The van der Waals surface area contributed by atoms with Gasteiger partial charge in [0.1, 0.15) is 11.9 Å². The second-order valence-electron chi connectivity index (χ2n) is 7.11. The van der Waals surface area contributed by atoms with Crippen LogP contribution in [0.25, 0.3) is 10.9 Å². The molecule has 4 rings (SSSR count). The number of nitrogens with one attached hydrogen (secondary N) is 3. The third kappa shape index (κ3) is 4.95. The predicted molar refractivity (Wildman–Crippen MR) is 126 cm³/mol. The molecule has 2 aromatic carbocycles. The zero-order valence-electron chi connectivity index (χ0n) is 17.2. The molecule has 0 saturated heterocycles. The second-order valence-corrected chi connectivity index (χ2v) is 7.51. The number of pyridine rings is 1. The molecule has 7 nitrogen and oxygen atoms in total. The molecule has 0 unspecified atom stereocenters. The summed E-state index contributed by atoms with van der Waals surface area (Å²) in [5.74, 6) is 1.91. The van der Waals surface area contributed by atoms with E-state index >= 15 is 0 Å². The maximum absolute atomic E-state index is 9.50. The lowest BCUT2D eigenvalue weighted by Gasteiger charge is -2.12. The Morgan fingerprint density at radius 1 is 1.13 bits per heavy atom. The van der Waals surface area contributed by atoms with Crippen LogP contribution in [-0.2, 0) is 6.42 Å². The molecule has 0 fully saturated rings. The summed E-state index contributed by atoms with van der Waals surface area (Å²) in [5, 5.41) is 20.6. The Kier molecular flexibility index (Phi) is 6.34. The van der Waals surface area contributed by atoms with E-state index in [1.165, 1.54) is 5.56 Å². The number of hydrogen-bond donors (Lipinski definition) is 3. The van der Waals surface area contributed by atoms with Gasteiger partial charge in [-0.25, -0.2) is 4.98 Å². The van der Waals surface area contributed by atoms with Gasteiger partial charge in [0.2, 0.25) is 6.79 Å². The minimum Gasteiger partial charge on any atom is -0.454 e.